The topological polar surface area (TPSA) is 48.5 Å². The van der Waals surface area contributed by atoms with Crippen LogP contribution in [0.4, 0.5) is 5.13 Å². The Hall–Kier alpha value is -0.630. The van der Waals surface area contributed by atoms with Gasteiger partial charge >= 0.3 is 0 Å². The lowest BCUT2D eigenvalue weighted by molar-refractivity contribution is -0.114. The highest BCUT2D eigenvalue weighted by atomic mass is 32.2. The van der Waals surface area contributed by atoms with Gasteiger partial charge in [0.05, 0.1) is 5.69 Å². The lowest BCUT2D eigenvalue weighted by Gasteiger charge is -2.37. The van der Waals surface area contributed by atoms with Crippen LogP contribution in [0.1, 0.15) is 19.0 Å². The summed E-state index contributed by atoms with van der Waals surface area (Å²) in [4.78, 5) is 20.6. The van der Waals surface area contributed by atoms with E-state index in [1.165, 1.54) is 49.3 Å². The van der Waals surface area contributed by atoms with Gasteiger partial charge in [0.25, 0.3) is 0 Å². The number of carbonyl (C=O) groups is 1. The van der Waals surface area contributed by atoms with Crippen molar-refractivity contribution in [1.29, 1.82) is 0 Å². The van der Waals surface area contributed by atoms with Crippen LogP contribution < -0.4 is 5.32 Å². The zero-order valence-corrected chi connectivity index (χ0v) is 14.0. The number of thiazole rings is 1. The van der Waals surface area contributed by atoms with Crippen molar-refractivity contribution in [3.8, 4) is 0 Å². The van der Waals surface area contributed by atoms with Crippen molar-refractivity contribution < 1.29 is 4.79 Å². The van der Waals surface area contributed by atoms with E-state index < -0.39 is 0 Å². The smallest absolute Gasteiger partial charge is 0.223 e. The predicted molar refractivity (Wildman–Crippen MR) is 89.0 cm³/mol. The summed E-state index contributed by atoms with van der Waals surface area (Å²) in [7, 11) is 0. The van der Waals surface area contributed by atoms with E-state index in [2.05, 4.69) is 31.9 Å². The third-order valence-electron chi connectivity index (χ3n) is 4.05. The molecule has 1 N–H and O–H groups in total. The molecule has 0 saturated carbocycles. The van der Waals surface area contributed by atoms with Gasteiger partial charge < -0.3 is 5.32 Å². The Morgan fingerprint density at radius 3 is 2.90 bits per heavy atom. The second-order valence-electron chi connectivity index (χ2n) is 5.65. The van der Waals surface area contributed by atoms with Crippen LogP contribution in [0, 0.1) is 0 Å². The third kappa shape index (κ3) is 4.18. The number of rotatable bonds is 4. The van der Waals surface area contributed by atoms with Crippen LogP contribution in [0.25, 0.3) is 0 Å². The average Bonchev–Trinajstić information content (AvgIpc) is 3.11. The van der Waals surface area contributed by atoms with Gasteiger partial charge in [-0.15, -0.1) is 11.3 Å². The number of piperazine rings is 1. The summed E-state index contributed by atoms with van der Waals surface area (Å²) >= 11 is 3.59. The van der Waals surface area contributed by atoms with Gasteiger partial charge in [-0.3, -0.25) is 14.6 Å². The van der Waals surface area contributed by atoms with Crippen molar-refractivity contribution in [3.05, 3.63) is 11.1 Å². The molecule has 0 aliphatic carbocycles. The summed E-state index contributed by atoms with van der Waals surface area (Å²) in [5, 5.41) is 5.50. The number of hydrogen-bond donors (Lipinski definition) is 1. The molecule has 0 aromatic carbocycles. The molecule has 0 bridgehead atoms. The highest BCUT2D eigenvalue weighted by Gasteiger charge is 2.26. The highest BCUT2D eigenvalue weighted by molar-refractivity contribution is 7.99. The molecule has 0 unspecified atom stereocenters. The van der Waals surface area contributed by atoms with Crippen molar-refractivity contribution >= 4 is 34.1 Å². The van der Waals surface area contributed by atoms with Crippen LogP contribution in [0.15, 0.2) is 5.38 Å². The minimum absolute atomic E-state index is 0.0565. The Morgan fingerprint density at radius 1 is 1.43 bits per heavy atom. The first-order chi connectivity index (χ1) is 10.2. The van der Waals surface area contributed by atoms with Gasteiger partial charge in [0.1, 0.15) is 0 Å². The highest BCUT2D eigenvalue weighted by Crippen LogP contribution is 2.24. The van der Waals surface area contributed by atoms with Gasteiger partial charge in [0.2, 0.25) is 5.91 Å². The van der Waals surface area contributed by atoms with E-state index in [0.29, 0.717) is 5.13 Å². The normalized spacial score (nSPS) is 24.3. The van der Waals surface area contributed by atoms with E-state index >= 15 is 0 Å². The van der Waals surface area contributed by atoms with E-state index in [1.807, 2.05) is 5.38 Å². The molecule has 0 spiro atoms. The number of carbonyl (C=O) groups excluding carboxylic acids is 1. The number of amides is 1. The summed E-state index contributed by atoms with van der Waals surface area (Å²) in [6, 6.07) is 0.808. The van der Waals surface area contributed by atoms with Crippen molar-refractivity contribution in [2.45, 2.75) is 25.9 Å². The summed E-state index contributed by atoms with van der Waals surface area (Å²) in [5.74, 6) is 2.58. The minimum atomic E-state index is -0.0565. The van der Waals surface area contributed by atoms with Gasteiger partial charge in [-0.25, -0.2) is 4.98 Å². The largest absolute Gasteiger partial charge is 0.302 e. The molecule has 5 nitrogen and oxygen atoms in total. The van der Waals surface area contributed by atoms with Crippen LogP contribution in [-0.2, 0) is 11.3 Å². The van der Waals surface area contributed by atoms with Crippen LogP contribution in [0.5, 0.6) is 0 Å². The quantitative estimate of drug-likeness (QED) is 0.913. The molecule has 1 atom stereocenters. The maximum Gasteiger partial charge on any atom is 0.223 e. The molecule has 7 heteroatoms. The first kappa shape index (κ1) is 15.3. The molecule has 3 rings (SSSR count). The van der Waals surface area contributed by atoms with Crippen molar-refractivity contribution in [2.24, 2.45) is 0 Å². The molecule has 21 heavy (non-hydrogen) atoms. The summed E-state index contributed by atoms with van der Waals surface area (Å²) in [5.41, 5.74) is 1.06. The number of nitrogens with one attached hydrogen (secondary N) is 1. The SMILES string of the molecule is CC(=O)Nc1nc(CN2CCN([C@@H]3CCSC3)CC2)cs1. The minimum Gasteiger partial charge on any atom is -0.302 e. The molecule has 116 valence electrons. The molecular formula is C14H22N4OS2. The fourth-order valence-electron chi connectivity index (χ4n) is 2.91. The zero-order valence-electron chi connectivity index (χ0n) is 12.4. The van der Waals surface area contributed by atoms with Crippen LogP contribution in [0.2, 0.25) is 0 Å². The van der Waals surface area contributed by atoms with Gasteiger partial charge in [0, 0.05) is 56.8 Å². The number of thioether (sulfide) groups is 1. The third-order valence-corrected chi connectivity index (χ3v) is 6.00. The number of nitrogens with zero attached hydrogens (tertiary/aromatic N) is 3. The van der Waals surface area contributed by atoms with E-state index in [-0.39, 0.29) is 5.91 Å². The Kier molecular flexibility index (Phi) is 5.15. The van der Waals surface area contributed by atoms with E-state index in [0.717, 1.165) is 31.4 Å². The van der Waals surface area contributed by atoms with Crippen molar-refractivity contribution in [3.63, 3.8) is 0 Å². The molecule has 1 aromatic heterocycles. The van der Waals surface area contributed by atoms with Crippen molar-refractivity contribution in [1.82, 2.24) is 14.8 Å². The first-order valence-electron chi connectivity index (χ1n) is 7.47. The molecule has 2 aliphatic heterocycles. The Morgan fingerprint density at radius 2 is 2.24 bits per heavy atom. The average molecular weight is 326 g/mol. The number of aromatic nitrogens is 1. The lowest BCUT2D eigenvalue weighted by atomic mass is 10.2. The molecule has 2 fully saturated rings. The number of anilines is 1. The zero-order chi connectivity index (χ0) is 14.7. The Bertz CT molecular complexity index is 479. The Balaban J connectivity index is 1.46. The van der Waals surface area contributed by atoms with Crippen molar-refractivity contribution in [2.75, 3.05) is 43.0 Å². The number of hydrogen-bond acceptors (Lipinski definition) is 6. The fourth-order valence-corrected chi connectivity index (χ4v) is 4.92. The fraction of sp³-hybridized carbons (Fsp3) is 0.714. The summed E-state index contributed by atoms with van der Waals surface area (Å²) in [6.45, 7) is 7.00. The van der Waals surface area contributed by atoms with E-state index in [9.17, 15) is 4.79 Å². The monoisotopic (exact) mass is 326 g/mol. The van der Waals surface area contributed by atoms with E-state index in [4.69, 9.17) is 0 Å². The van der Waals surface area contributed by atoms with Gasteiger partial charge in [0.15, 0.2) is 5.13 Å². The molecular weight excluding hydrogens is 304 g/mol. The standard InChI is InChI=1S/C14H22N4OS2/c1-11(19)15-14-16-12(9-21-14)8-17-3-5-18(6-4-17)13-2-7-20-10-13/h9,13H,2-8,10H2,1H3,(H,15,16,19)/t13-/m1/s1. The Labute approximate surface area is 134 Å². The molecule has 0 radical (unpaired) electrons. The van der Waals surface area contributed by atoms with Gasteiger partial charge in [-0.05, 0) is 12.2 Å². The van der Waals surface area contributed by atoms with Crippen LogP contribution >= 0.6 is 23.1 Å². The van der Waals surface area contributed by atoms with Crippen LogP contribution in [0.3, 0.4) is 0 Å². The molecule has 1 aromatic rings. The molecule has 2 saturated heterocycles. The molecule has 3 heterocycles. The summed E-state index contributed by atoms with van der Waals surface area (Å²) < 4.78 is 0. The van der Waals surface area contributed by atoms with E-state index in [1.54, 1.807) is 0 Å². The molecule has 1 amide bonds. The first-order valence-corrected chi connectivity index (χ1v) is 9.50. The lowest BCUT2D eigenvalue weighted by Crippen LogP contribution is -2.50. The van der Waals surface area contributed by atoms with Crippen LogP contribution in [-0.4, -0.2) is 64.4 Å². The second-order valence-corrected chi connectivity index (χ2v) is 7.66. The maximum absolute atomic E-state index is 11.0. The second kappa shape index (κ2) is 7.09. The molecule has 2 aliphatic rings. The predicted octanol–water partition coefficient (Wildman–Crippen LogP) is 1.72. The van der Waals surface area contributed by atoms with Gasteiger partial charge in [-0.1, -0.05) is 0 Å². The summed E-state index contributed by atoms with van der Waals surface area (Å²) in [6.07, 6.45) is 1.36. The van der Waals surface area contributed by atoms with Gasteiger partial charge in [-0.2, -0.15) is 11.8 Å². The maximum atomic E-state index is 11.0.